The molecule has 0 saturated carbocycles. The Morgan fingerprint density at radius 1 is 1.12 bits per heavy atom. The summed E-state index contributed by atoms with van der Waals surface area (Å²) in [6, 6.07) is 8.96. The Bertz CT molecular complexity index is 704. The summed E-state index contributed by atoms with van der Waals surface area (Å²) in [7, 11) is 0. The third-order valence-corrected chi connectivity index (χ3v) is 4.94. The van der Waals surface area contributed by atoms with Crippen LogP contribution in [0.4, 0.5) is 0 Å². The highest BCUT2D eigenvalue weighted by Crippen LogP contribution is 2.22. The maximum absolute atomic E-state index is 11.9. The summed E-state index contributed by atoms with van der Waals surface area (Å²) in [5.74, 6) is -0.854. The van der Waals surface area contributed by atoms with Crippen LogP contribution in [0.3, 0.4) is 0 Å². The van der Waals surface area contributed by atoms with Crippen LogP contribution < -0.4 is 5.32 Å². The fourth-order valence-electron chi connectivity index (χ4n) is 2.62. The number of amides is 1. The van der Waals surface area contributed by atoms with E-state index < -0.39 is 5.97 Å². The van der Waals surface area contributed by atoms with Crippen LogP contribution in [-0.2, 0) is 17.6 Å². The number of carboxylic acids is 1. The summed E-state index contributed by atoms with van der Waals surface area (Å²) in [5, 5.41) is 11.8. The summed E-state index contributed by atoms with van der Waals surface area (Å²) < 4.78 is 0. The first-order chi connectivity index (χ1) is 11.5. The lowest BCUT2D eigenvalue weighted by Crippen LogP contribution is -2.25. The lowest BCUT2D eigenvalue weighted by molar-refractivity contribution is -0.121. The van der Waals surface area contributed by atoms with E-state index >= 15 is 0 Å². The molecule has 2 N–H and O–H groups in total. The molecule has 0 unspecified atom stereocenters. The third-order valence-electron chi connectivity index (χ3n) is 3.93. The Kier molecular flexibility index (Phi) is 6.55. The minimum atomic E-state index is -0.925. The Hall–Kier alpha value is -2.14. The SMILES string of the molecule is Cc1cc(CCCC(=O)NCCc2ccc(C(=O)O)cc2)c(C)s1. The van der Waals surface area contributed by atoms with Crippen LogP contribution in [0.25, 0.3) is 0 Å². The van der Waals surface area contributed by atoms with E-state index in [4.69, 9.17) is 5.11 Å². The van der Waals surface area contributed by atoms with Crippen LogP contribution in [-0.4, -0.2) is 23.5 Å². The zero-order valence-electron chi connectivity index (χ0n) is 14.1. The van der Waals surface area contributed by atoms with Gasteiger partial charge in [0.25, 0.3) is 0 Å². The van der Waals surface area contributed by atoms with Crippen LogP contribution in [0.15, 0.2) is 30.3 Å². The van der Waals surface area contributed by atoms with E-state index in [1.165, 1.54) is 15.3 Å². The van der Waals surface area contributed by atoms with Gasteiger partial charge in [-0.15, -0.1) is 11.3 Å². The number of aryl methyl sites for hydroxylation is 3. The third kappa shape index (κ3) is 5.49. The number of aromatic carboxylic acids is 1. The normalized spacial score (nSPS) is 10.6. The van der Waals surface area contributed by atoms with Crippen molar-refractivity contribution >= 4 is 23.2 Å². The molecule has 1 amide bonds. The Morgan fingerprint density at radius 2 is 1.83 bits per heavy atom. The highest BCUT2D eigenvalue weighted by molar-refractivity contribution is 7.12. The molecule has 1 aromatic heterocycles. The number of carbonyl (C=O) groups excluding carboxylic acids is 1. The van der Waals surface area contributed by atoms with E-state index in [2.05, 4.69) is 25.2 Å². The standard InChI is InChI=1S/C19H23NO3S/c1-13-12-17(14(2)24-13)4-3-5-18(21)20-11-10-15-6-8-16(9-7-15)19(22)23/h6-9,12H,3-5,10-11H2,1-2H3,(H,20,21)(H,22,23). The largest absolute Gasteiger partial charge is 0.478 e. The molecule has 128 valence electrons. The number of hydrogen-bond acceptors (Lipinski definition) is 3. The quantitative estimate of drug-likeness (QED) is 0.766. The molecule has 0 radical (unpaired) electrons. The minimum Gasteiger partial charge on any atom is -0.478 e. The Labute approximate surface area is 146 Å². The highest BCUT2D eigenvalue weighted by Gasteiger charge is 2.06. The van der Waals surface area contributed by atoms with Gasteiger partial charge in [-0.25, -0.2) is 4.79 Å². The number of carboxylic acid groups (broad SMARTS) is 1. The molecule has 4 nitrogen and oxygen atoms in total. The predicted molar refractivity (Wildman–Crippen MR) is 96.8 cm³/mol. The van der Waals surface area contributed by atoms with Gasteiger partial charge in [0.2, 0.25) is 5.91 Å². The lowest BCUT2D eigenvalue weighted by atomic mass is 10.1. The fourth-order valence-corrected chi connectivity index (χ4v) is 3.60. The predicted octanol–water partition coefficient (Wildman–Crippen LogP) is 3.74. The molecule has 0 saturated heterocycles. The first-order valence-electron chi connectivity index (χ1n) is 8.10. The molecule has 1 aromatic carbocycles. The second-order valence-electron chi connectivity index (χ2n) is 5.89. The average molecular weight is 345 g/mol. The maximum atomic E-state index is 11.9. The molecule has 5 heteroatoms. The fraction of sp³-hybridized carbons (Fsp3) is 0.368. The van der Waals surface area contributed by atoms with E-state index in [-0.39, 0.29) is 11.5 Å². The average Bonchev–Trinajstić information content (AvgIpc) is 2.85. The van der Waals surface area contributed by atoms with Gasteiger partial charge in [-0.2, -0.15) is 0 Å². The maximum Gasteiger partial charge on any atom is 0.335 e. The molecule has 0 aliphatic rings. The zero-order chi connectivity index (χ0) is 17.5. The summed E-state index contributed by atoms with van der Waals surface area (Å²) in [6.07, 6.45) is 3.04. The number of hydrogen-bond donors (Lipinski definition) is 2. The molecule has 0 bridgehead atoms. The van der Waals surface area contributed by atoms with Crippen molar-refractivity contribution in [3.8, 4) is 0 Å². The number of carbonyl (C=O) groups is 2. The van der Waals surface area contributed by atoms with E-state index in [0.717, 1.165) is 18.4 Å². The van der Waals surface area contributed by atoms with Crippen LogP contribution >= 0.6 is 11.3 Å². The van der Waals surface area contributed by atoms with E-state index in [0.29, 0.717) is 19.4 Å². The van der Waals surface area contributed by atoms with E-state index in [9.17, 15) is 9.59 Å². The molecule has 0 spiro atoms. The Morgan fingerprint density at radius 3 is 2.42 bits per heavy atom. The number of rotatable bonds is 8. The molecule has 0 aliphatic heterocycles. The van der Waals surface area contributed by atoms with Gasteiger partial charge >= 0.3 is 5.97 Å². The molecular formula is C19H23NO3S. The zero-order valence-corrected chi connectivity index (χ0v) is 14.9. The van der Waals surface area contributed by atoms with Gasteiger partial charge in [0.15, 0.2) is 0 Å². The van der Waals surface area contributed by atoms with Gasteiger partial charge in [-0.1, -0.05) is 12.1 Å². The summed E-state index contributed by atoms with van der Waals surface area (Å²) in [5.41, 5.74) is 2.65. The minimum absolute atomic E-state index is 0.0711. The molecule has 0 fully saturated rings. The molecular weight excluding hydrogens is 322 g/mol. The van der Waals surface area contributed by atoms with Crippen molar-refractivity contribution in [3.05, 3.63) is 56.8 Å². The van der Waals surface area contributed by atoms with Crippen molar-refractivity contribution in [2.75, 3.05) is 6.54 Å². The molecule has 24 heavy (non-hydrogen) atoms. The van der Waals surface area contributed by atoms with Gasteiger partial charge in [0.05, 0.1) is 5.56 Å². The van der Waals surface area contributed by atoms with Crippen molar-refractivity contribution < 1.29 is 14.7 Å². The van der Waals surface area contributed by atoms with Crippen molar-refractivity contribution in [1.29, 1.82) is 0 Å². The molecule has 0 atom stereocenters. The number of benzene rings is 1. The monoisotopic (exact) mass is 345 g/mol. The van der Waals surface area contributed by atoms with Crippen molar-refractivity contribution in [1.82, 2.24) is 5.32 Å². The molecule has 1 heterocycles. The van der Waals surface area contributed by atoms with Gasteiger partial charge in [0.1, 0.15) is 0 Å². The van der Waals surface area contributed by atoms with Gasteiger partial charge in [-0.05, 0) is 62.4 Å². The highest BCUT2D eigenvalue weighted by atomic mass is 32.1. The second-order valence-corrected chi connectivity index (χ2v) is 7.35. The van der Waals surface area contributed by atoms with Gasteiger partial charge in [0, 0.05) is 22.7 Å². The van der Waals surface area contributed by atoms with E-state index in [1.54, 1.807) is 35.6 Å². The van der Waals surface area contributed by atoms with Crippen LogP contribution in [0.1, 0.15) is 44.1 Å². The second kappa shape index (κ2) is 8.64. The van der Waals surface area contributed by atoms with Crippen molar-refractivity contribution in [3.63, 3.8) is 0 Å². The molecule has 2 aromatic rings. The molecule has 0 aliphatic carbocycles. The molecule has 2 rings (SSSR count). The van der Waals surface area contributed by atoms with Crippen LogP contribution in [0, 0.1) is 13.8 Å². The van der Waals surface area contributed by atoms with E-state index in [1.807, 2.05) is 0 Å². The van der Waals surface area contributed by atoms with Gasteiger partial charge < -0.3 is 10.4 Å². The lowest BCUT2D eigenvalue weighted by Gasteiger charge is -2.06. The first kappa shape index (κ1) is 18.2. The first-order valence-corrected chi connectivity index (χ1v) is 8.92. The van der Waals surface area contributed by atoms with Crippen molar-refractivity contribution in [2.24, 2.45) is 0 Å². The summed E-state index contributed by atoms with van der Waals surface area (Å²) in [6.45, 7) is 4.81. The van der Waals surface area contributed by atoms with Crippen LogP contribution in [0.2, 0.25) is 0 Å². The number of nitrogens with one attached hydrogen (secondary N) is 1. The van der Waals surface area contributed by atoms with Crippen molar-refractivity contribution in [2.45, 2.75) is 39.5 Å². The summed E-state index contributed by atoms with van der Waals surface area (Å²) >= 11 is 1.80. The van der Waals surface area contributed by atoms with Gasteiger partial charge in [-0.3, -0.25) is 4.79 Å². The topological polar surface area (TPSA) is 66.4 Å². The smallest absolute Gasteiger partial charge is 0.335 e. The summed E-state index contributed by atoms with van der Waals surface area (Å²) in [4.78, 5) is 25.3. The Balaban J connectivity index is 1.66. The number of thiophene rings is 1. The van der Waals surface area contributed by atoms with Crippen LogP contribution in [0.5, 0.6) is 0 Å².